The Morgan fingerprint density at radius 3 is 2.41 bits per heavy atom. The zero-order chi connectivity index (χ0) is 18.6. The Morgan fingerprint density at radius 2 is 1.67 bits per heavy atom. The second-order valence-electron chi connectivity index (χ2n) is 6.85. The average Bonchev–Trinajstić information content (AvgIpc) is 3.17. The van der Waals surface area contributed by atoms with Crippen LogP contribution >= 0.6 is 11.6 Å². The van der Waals surface area contributed by atoms with Crippen LogP contribution in [-0.4, -0.2) is 56.2 Å². The first-order chi connectivity index (χ1) is 13.2. The van der Waals surface area contributed by atoms with Gasteiger partial charge in [0.05, 0.1) is 12.2 Å². The van der Waals surface area contributed by atoms with Gasteiger partial charge in [0.25, 0.3) is 0 Å². The lowest BCUT2D eigenvalue weighted by molar-refractivity contribution is 0.0957. The minimum absolute atomic E-state index is 0.315. The van der Waals surface area contributed by atoms with E-state index in [-0.39, 0.29) is 0 Å². The molecule has 0 aliphatic carbocycles. The number of benzene rings is 2. The molecule has 1 aliphatic rings. The minimum atomic E-state index is 0.315. The van der Waals surface area contributed by atoms with E-state index in [9.17, 15) is 0 Å². The van der Waals surface area contributed by atoms with Crippen molar-refractivity contribution in [3.8, 4) is 5.69 Å². The quantitative estimate of drug-likeness (QED) is 0.678. The first-order valence-electron chi connectivity index (χ1n) is 9.26. The number of aromatic nitrogens is 4. The number of tetrazole rings is 1. The Kier molecular flexibility index (Phi) is 5.48. The number of nitrogens with zero attached hydrogens (tertiary/aromatic N) is 6. The van der Waals surface area contributed by atoms with Crippen LogP contribution in [0, 0.1) is 0 Å². The van der Waals surface area contributed by atoms with E-state index >= 15 is 0 Å². The number of hydrogen-bond donors (Lipinski definition) is 0. The molecule has 1 fully saturated rings. The van der Waals surface area contributed by atoms with Gasteiger partial charge in [0, 0.05) is 37.2 Å². The summed E-state index contributed by atoms with van der Waals surface area (Å²) in [6.45, 7) is 6.94. The zero-order valence-electron chi connectivity index (χ0n) is 15.4. The summed E-state index contributed by atoms with van der Waals surface area (Å²) in [7, 11) is 0. The largest absolute Gasteiger partial charge is 0.294 e. The maximum absolute atomic E-state index is 6.38. The van der Waals surface area contributed by atoms with E-state index in [0.717, 1.165) is 49.3 Å². The number of rotatable bonds is 5. The molecule has 1 atom stereocenters. The average molecular weight is 383 g/mol. The normalized spacial score (nSPS) is 17.1. The van der Waals surface area contributed by atoms with Crippen molar-refractivity contribution in [2.75, 3.05) is 26.2 Å². The fourth-order valence-electron chi connectivity index (χ4n) is 3.59. The van der Waals surface area contributed by atoms with Gasteiger partial charge in [-0.3, -0.25) is 9.80 Å². The Morgan fingerprint density at radius 1 is 0.963 bits per heavy atom. The number of piperazine rings is 1. The van der Waals surface area contributed by atoms with E-state index in [2.05, 4.69) is 44.4 Å². The molecule has 0 saturated carbocycles. The van der Waals surface area contributed by atoms with Crippen molar-refractivity contribution in [1.29, 1.82) is 0 Å². The van der Waals surface area contributed by atoms with Crippen molar-refractivity contribution in [2.45, 2.75) is 19.5 Å². The smallest absolute Gasteiger partial charge is 0.170 e. The summed E-state index contributed by atoms with van der Waals surface area (Å²) in [5.41, 5.74) is 2.18. The van der Waals surface area contributed by atoms with Crippen molar-refractivity contribution in [3.63, 3.8) is 0 Å². The molecule has 4 rings (SSSR count). The third-order valence-corrected chi connectivity index (χ3v) is 5.55. The van der Waals surface area contributed by atoms with Crippen LogP contribution in [-0.2, 0) is 6.54 Å². The van der Waals surface area contributed by atoms with E-state index in [4.69, 9.17) is 11.6 Å². The van der Waals surface area contributed by atoms with Crippen LogP contribution in [0.25, 0.3) is 5.69 Å². The lowest BCUT2D eigenvalue weighted by atomic mass is 10.1. The molecule has 2 heterocycles. The van der Waals surface area contributed by atoms with Gasteiger partial charge in [0.15, 0.2) is 5.82 Å². The van der Waals surface area contributed by atoms with Gasteiger partial charge in [-0.15, -0.1) is 5.10 Å². The van der Waals surface area contributed by atoms with Gasteiger partial charge in [0.2, 0.25) is 0 Å². The van der Waals surface area contributed by atoms with Crippen LogP contribution in [0.3, 0.4) is 0 Å². The molecule has 1 aliphatic heterocycles. The van der Waals surface area contributed by atoms with E-state index < -0.39 is 0 Å². The molecule has 3 aromatic rings. The molecule has 1 aromatic heterocycles. The molecule has 0 amide bonds. The van der Waals surface area contributed by atoms with Gasteiger partial charge < -0.3 is 0 Å². The highest BCUT2D eigenvalue weighted by Crippen LogP contribution is 2.27. The molecule has 0 N–H and O–H groups in total. The summed E-state index contributed by atoms with van der Waals surface area (Å²) >= 11 is 6.38. The Labute approximate surface area is 164 Å². The summed E-state index contributed by atoms with van der Waals surface area (Å²) in [4.78, 5) is 4.89. The van der Waals surface area contributed by atoms with Crippen molar-refractivity contribution in [3.05, 3.63) is 71.0 Å². The van der Waals surface area contributed by atoms with Crippen LogP contribution < -0.4 is 0 Å². The van der Waals surface area contributed by atoms with Gasteiger partial charge in [-0.25, -0.2) is 0 Å². The summed E-state index contributed by atoms with van der Waals surface area (Å²) in [5.74, 6) is 0.869. The molecule has 140 valence electrons. The van der Waals surface area contributed by atoms with E-state index in [0.29, 0.717) is 6.04 Å². The Hall–Kier alpha value is -2.28. The minimum Gasteiger partial charge on any atom is -0.294 e. The second kappa shape index (κ2) is 8.17. The standard InChI is InChI=1S/C20H23ClN6/c1-16(18-9-5-6-10-19(18)21)26-13-11-25(12-14-26)15-20-22-23-24-27(20)17-7-3-2-4-8-17/h2-10,16H,11-15H2,1H3. The van der Waals surface area contributed by atoms with E-state index in [1.165, 1.54) is 5.56 Å². The highest BCUT2D eigenvalue weighted by molar-refractivity contribution is 6.31. The maximum atomic E-state index is 6.38. The lowest BCUT2D eigenvalue weighted by Gasteiger charge is -2.38. The van der Waals surface area contributed by atoms with Crippen molar-refractivity contribution in [1.82, 2.24) is 30.0 Å². The van der Waals surface area contributed by atoms with Crippen molar-refractivity contribution < 1.29 is 0 Å². The van der Waals surface area contributed by atoms with Gasteiger partial charge in [-0.2, -0.15) is 4.68 Å². The van der Waals surface area contributed by atoms with Crippen LogP contribution in [0.2, 0.25) is 5.02 Å². The summed E-state index contributed by atoms with van der Waals surface area (Å²) < 4.78 is 1.82. The highest BCUT2D eigenvalue weighted by atomic mass is 35.5. The number of hydrogen-bond acceptors (Lipinski definition) is 5. The zero-order valence-corrected chi connectivity index (χ0v) is 16.1. The van der Waals surface area contributed by atoms with Crippen LogP contribution in [0.4, 0.5) is 0 Å². The summed E-state index contributed by atoms with van der Waals surface area (Å²) in [6.07, 6.45) is 0. The molecule has 27 heavy (non-hydrogen) atoms. The molecule has 2 aromatic carbocycles. The molecular weight excluding hydrogens is 360 g/mol. The van der Waals surface area contributed by atoms with Gasteiger partial charge in [-0.05, 0) is 41.1 Å². The SMILES string of the molecule is CC(c1ccccc1Cl)N1CCN(Cc2nnnn2-c2ccccc2)CC1. The second-order valence-corrected chi connectivity index (χ2v) is 7.26. The van der Waals surface area contributed by atoms with E-state index in [1.807, 2.05) is 47.1 Å². The topological polar surface area (TPSA) is 50.1 Å². The van der Waals surface area contributed by atoms with Crippen LogP contribution in [0.1, 0.15) is 24.4 Å². The van der Waals surface area contributed by atoms with Gasteiger partial charge >= 0.3 is 0 Å². The van der Waals surface area contributed by atoms with Gasteiger partial charge in [-0.1, -0.05) is 48.0 Å². The Bertz CT molecular complexity index is 873. The van der Waals surface area contributed by atoms with E-state index in [1.54, 1.807) is 0 Å². The molecule has 0 bridgehead atoms. The van der Waals surface area contributed by atoms with Crippen LogP contribution in [0.5, 0.6) is 0 Å². The van der Waals surface area contributed by atoms with Crippen molar-refractivity contribution >= 4 is 11.6 Å². The van der Waals surface area contributed by atoms with Crippen molar-refractivity contribution in [2.24, 2.45) is 0 Å². The number of halogens is 1. The van der Waals surface area contributed by atoms with Gasteiger partial charge in [0.1, 0.15) is 0 Å². The monoisotopic (exact) mass is 382 g/mol. The maximum Gasteiger partial charge on any atom is 0.170 e. The summed E-state index contributed by atoms with van der Waals surface area (Å²) in [6, 6.07) is 18.4. The van der Waals surface area contributed by atoms with Crippen LogP contribution in [0.15, 0.2) is 54.6 Å². The fourth-order valence-corrected chi connectivity index (χ4v) is 3.89. The third kappa shape index (κ3) is 4.03. The number of para-hydroxylation sites is 1. The lowest BCUT2D eigenvalue weighted by Crippen LogP contribution is -2.47. The molecule has 0 radical (unpaired) electrons. The predicted molar refractivity (Wildman–Crippen MR) is 106 cm³/mol. The predicted octanol–water partition coefficient (Wildman–Crippen LogP) is 3.19. The highest BCUT2D eigenvalue weighted by Gasteiger charge is 2.24. The molecule has 0 spiro atoms. The third-order valence-electron chi connectivity index (χ3n) is 5.21. The first-order valence-corrected chi connectivity index (χ1v) is 9.63. The Balaban J connectivity index is 1.38. The fraction of sp³-hybridized carbons (Fsp3) is 0.350. The molecular formula is C20H23ClN6. The molecule has 1 saturated heterocycles. The molecule has 1 unspecified atom stereocenters. The first kappa shape index (κ1) is 18.1. The molecule has 6 nitrogen and oxygen atoms in total. The summed E-state index contributed by atoms with van der Waals surface area (Å²) in [5, 5.41) is 13.1. The molecule has 7 heteroatoms.